The first-order valence-electron chi connectivity index (χ1n) is 5.95. The third kappa shape index (κ3) is 2.93. The molecule has 1 aliphatic rings. The van der Waals surface area contributed by atoms with Crippen LogP contribution in [0.2, 0.25) is 0 Å². The van der Waals surface area contributed by atoms with Gasteiger partial charge in [0.05, 0.1) is 12.1 Å². The van der Waals surface area contributed by atoms with Crippen LogP contribution in [0.4, 0.5) is 5.69 Å². The second-order valence-corrected chi connectivity index (χ2v) is 4.48. The van der Waals surface area contributed by atoms with Crippen LogP contribution in [0, 0.1) is 0 Å². The summed E-state index contributed by atoms with van der Waals surface area (Å²) in [4.78, 5) is 23.9. The van der Waals surface area contributed by atoms with Crippen molar-refractivity contribution in [1.29, 1.82) is 0 Å². The molecule has 0 aromatic heterocycles. The zero-order chi connectivity index (χ0) is 14.0. The number of aliphatic carboxylic acids is 1. The van der Waals surface area contributed by atoms with Gasteiger partial charge in [0, 0.05) is 13.1 Å². The molecule has 0 saturated carbocycles. The van der Waals surface area contributed by atoms with E-state index in [1.165, 1.54) is 11.0 Å². The van der Waals surface area contributed by atoms with Gasteiger partial charge in [-0.1, -0.05) is 6.07 Å². The minimum absolute atomic E-state index is 0.0226. The maximum Gasteiger partial charge on any atom is 0.328 e. The number of carboxylic acids is 1. The van der Waals surface area contributed by atoms with Crippen molar-refractivity contribution >= 4 is 23.6 Å². The molecular weight excluding hydrogens is 246 g/mol. The molecule has 100 valence electrons. The van der Waals surface area contributed by atoms with Gasteiger partial charge in [0.1, 0.15) is 11.9 Å². The van der Waals surface area contributed by atoms with Gasteiger partial charge in [-0.05, 0) is 30.7 Å². The maximum absolute atomic E-state index is 11.9. The Kier molecular flexibility index (Phi) is 3.55. The zero-order valence-corrected chi connectivity index (χ0v) is 10.8. The first-order valence-corrected chi connectivity index (χ1v) is 5.95. The van der Waals surface area contributed by atoms with E-state index < -0.39 is 5.97 Å². The Morgan fingerprint density at radius 2 is 2.26 bits per heavy atom. The highest BCUT2D eigenvalue weighted by Gasteiger charge is 2.24. The number of hydrogen-bond acceptors (Lipinski definition) is 3. The van der Waals surface area contributed by atoms with Crippen molar-refractivity contribution in [2.24, 2.45) is 0 Å². The normalized spacial score (nSPS) is 18.9. The molecule has 1 atom stereocenters. The van der Waals surface area contributed by atoms with Crippen LogP contribution in [-0.4, -0.2) is 30.1 Å². The van der Waals surface area contributed by atoms with Gasteiger partial charge in [0.2, 0.25) is 5.91 Å². The van der Waals surface area contributed by atoms with Crippen molar-refractivity contribution < 1.29 is 19.4 Å². The molecule has 1 aromatic carbocycles. The van der Waals surface area contributed by atoms with Gasteiger partial charge in [-0.2, -0.15) is 0 Å². The van der Waals surface area contributed by atoms with Crippen molar-refractivity contribution in [3.63, 3.8) is 0 Å². The van der Waals surface area contributed by atoms with Crippen LogP contribution in [0.25, 0.3) is 6.08 Å². The third-order valence-electron chi connectivity index (χ3n) is 2.93. The van der Waals surface area contributed by atoms with E-state index in [2.05, 4.69) is 0 Å². The lowest BCUT2D eigenvalue weighted by Crippen LogP contribution is -2.27. The number of rotatable bonds is 2. The molecule has 1 heterocycles. The molecule has 0 aliphatic carbocycles. The van der Waals surface area contributed by atoms with Gasteiger partial charge in [0.25, 0.3) is 0 Å². The number of carbonyl (C=O) groups is 2. The van der Waals surface area contributed by atoms with Gasteiger partial charge in [-0.15, -0.1) is 0 Å². The monoisotopic (exact) mass is 261 g/mol. The molecule has 0 spiro atoms. The van der Waals surface area contributed by atoms with Crippen LogP contribution in [0.3, 0.4) is 0 Å². The topological polar surface area (TPSA) is 66.8 Å². The third-order valence-corrected chi connectivity index (χ3v) is 2.93. The smallest absolute Gasteiger partial charge is 0.328 e. The lowest BCUT2D eigenvalue weighted by Gasteiger charge is -2.16. The minimum Gasteiger partial charge on any atom is -0.488 e. The Labute approximate surface area is 111 Å². The second kappa shape index (κ2) is 5.14. The quantitative estimate of drug-likeness (QED) is 0.826. The number of benzene rings is 1. The van der Waals surface area contributed by atoms with E-state index in [1.54, 1.807) is 25.2 Å². The zero-order valence-electron chi connectivity index (χ0n) is 10.8. The molecule has 2 rings (SSSR count). The summed E-state index contributed by atoms with van der Waals surface area (Å²) < 4.78 is 5.68. The van der Waals surface area contributed by atoms with E-state index in [4.69, 9.17) is 9.84 Å². The van der Waals surface area contributed by atoms with Crippen LogP contribution < -0.4 is 9.64 Å². The van der Waals surface area contributed by atoms with Crippen LogP contribution in [-0.2, 0) is 9.59 Å². The highest BCUT2D eigenvalue weighted by atomic mass is 16.5. The fourth-order valence-corrected chi connectivity index (χ4v) is 1.94. The average Bonchev–Trinajstić information content (AvgIpc) is 2.45. The standard InChI is InChI=1S/C14H15NO4/c1-9-7-13(16)15(2)11-8-10(4-6-14(17)18)3-5-12(11)19-9/h3-6,8-9H,7H2,1-2H3,(H,17,18)/b6-4+. The number of carboxylic acid groups (broad SMARTS) is 1. The first-order chi connectivity index (χ1) is 8.97. The fraction of sp³-hybridized carbons (Fsp3) is 0.286. The fourth-order valence-electron chi connectivity index (χ4n) is 1.94. The summed E-state index contributed by atoms with van der Waals surface area (Å²) in [6.45, 7) is 1.85. The summed E-state index contributed by atoms with van der Waals surface area (Å²) in [5.41, 5.74) is 1.36. The average molecular weight is 261 g/mol. The Balaban J connectivity index is 2.40. The van der Waals surface area contributed by atoms with Gasteiger partial charge in [-0.3, -0.25) is 4.79 Å². The molecule has 5 nitrogen and oxygen atoms in total. The first kappa shape index (κ1) is 13.1. The van der Waals surface area contributed by atoms with Crippen LogP contribution >= 0.6 is 0 Å². The van der Waals surface area contributed by atoms with Crippen LogP contribution in [0.15, 0.2) is 24.3 Å². The molecule has 19 heavy (non-hydrogen) atoms. The molecule has 0 radical (unpaired) electrons. The van der Waals surface area contributed by atoms with Crippen molar-refractivity contribution in [2.75, 3.05) is 11.9 Å². The number of nitrogens with zero attached hydrogens (tertiary/aromatic N) is 1. The van der Waals surface area contributed by atoms with Crippen molar-refractivity contribution in [3.05, 3.63) is 29.8 Å². The Bertz CT molecular complexity index is 550. The summed E-state index contributed by atoms with van der Waals surface area (Å²) in [5, 5.41) is 8.61. The highest BCUT2D eigenvalue weighted by Crippen LogP contribution is 2.33. The molecule has 1 N–H and O–H groups in total. The lowest BCUT2D eigenvalue weighted by molar-refractivity contribution is -0.131. The van der Waals surface area contributed by atoms with E-state index >= 15 is 0 Å². The number of carbonyl (C=O) groups excluding carboxylic acids is 1. The maximum atomic E-state index is 11.9. The number of hydrogen-bond donors (Lipinski definition) is 1. The molecule has 5 heteroatoms. The van der Waals surface area contributed by atoms with Crippen molar-refractivity contribution in [3.8, 4) is 5.75 Å². The summed E-state index contributed by atoms with van der Waals surface area (Å²) in [5.74, 6) is -0.400. The molecule has 0 saturated heterocycles. The van der Waals surface area contributed by atoms with Gasteiger partial charge < -0.3 is 14.7 Å². The molecule has 1 aliphatic heterocycles. The van der Waals surface area contributed by atoms with Gasteiger partial charge in [0.15, 0.2) is 0 Å². The number of anilines is 1. The lowest BCUT2D eigenvalue weighted by atomic mass is 10.1. The summed E-state index contributed by atoms with van der Waals surface area (Å²) in [6.07, 6.45) is 2.70. The Morgan fingerprint density at radius 1 is 1.53 bits per heavy atom. The van der Waals surface area contributed by atoms with E-state index in [-0.39, 0.29) is 12.0 Å². The Morgan fingerprint density at radius 3 is 2.95 bits per heavy atom. The molecular formula is C14H15NO4. The van der Waals surface area contributed by atoms with Gasteiger partial charge >= 0.3 is 5.97 Å². The van der Waals surface area contributed by atoms with E-state index in [0.717, 1.165) is 6.08 Å². The number of ether oxygens (including phenoxy) is 1. The highest BCUT2D eigenvalue weighted by molar-refractivity contribution is 5.96. The number of amides is 1. The van der Waals surface area contributed by atoms with E-state index in [1.807, 2.05) is 6.92 Å². The number of fused-ring (bicyclic) bond motifs is 1. The largest absolute Gasteiger partial charge is 0.488 e. The van der Waals surface area contributed by atoms with E-state index in [9.17, 15) is 9.59 Å². The molecule has 1 amide bonds. The molecule has 1 aromatic rings. The van der Waals surface area contributed by atoms with Crippen molar-refractivity contribution in [1.82, 2.24) is 0 Å². The minimum atomic E-state index is -1.01. The summed E-state index contributed by atoms with van der Waals surface area (Å²) in [7, 11) is 1.69. The second-order valence-electron chi connectivity index (χ2n) is 4.48. The van der Waals surface area contributed by atoms with E-state index in [0.29, 0.717) is 23.4 Å². The van der Waals surface area contributed by atoms with Gasteiger partial charge in [-0.25, -0.2) is 4.79 Å². The predicted molar refractivity (Wildman–Crippen MR) is 71.2 cm³/mol. The molecule has 0 bridgehead atoms. The molecule has 1 unspecified atom stereocenters. The summed E-state index contributed by atoms with van der Waals surface area (Å²) >= 11 is 0. The van der Waals surface area contributed by atoms with Crippen LogP contribution in [0.5, 0.6) is 5.75 Å². The Hall–Kier alpha value is -2.30. The summed E-state index contributed by atoms with van der Waals surface area (Å²) in [6, 6.07) is 5.25. The van der Waals surface area contributed by atoms with Crippen LogP contribution in [0.1, 0.15) is 18.9 Å². The predicted octanol–water partition coefficient (Wildman–Crippen LogP) is 1.92. The molecule has 0 fully saturated rings. The van der Waals surface area contributed by atoms with Crippen molar-refractivity contribution in [2.45, 2.75) is 19.4 Å². The SMILES string of the molecule is CC1CC(=O)N(C)c2cc(/C=C/C(=O)O)ccc2O1.